The number of carbonyl (C=O) groups is 1. The van der Waals surface area contributed by atoms with Crippen molar-refractivity contribution in [3.8, 4) is 0 Å². The quantitative estimate of drug-likeness (QED) is 0.635. The molecule has 116 valence electrons. The van der Waals surface area contributed by atoms with Crippen LogP contribution in [0.3, 0.4) is 0 Å². The van der Waals surface area contributed by atoms with Gasteiger partial charge in [-0.1, -0.05) is 6.07 Å². The second-order valence-electron chi connectivity index (χ2n) is 4.26. The second kappa shape index (κ2) is 5.73. The molecule has 0 fully saturated rings. The Bertz CT molecular complexity index is 856. The lowest BCUT2D eigenvalue weighted by Crippen LogP contribution is -2.13. The Morgan fingerprint density at radius 1 is 1.41 bits per heavy atom. The fourth-order valence-corrected chi connectivity index (χ4v) is 3.94. The second-order valence-corrected chi connectivity index (χ2v) is 6.86. The zero-order valence-corrected chi connectivity index (χ0v) is 12.8. The van der Waals surface area contributed by atoms with E-state index in [0.717, 1.165) is 17.4 Å². The topological polar surface area (TPSA) is 127 Å². The average molecular weight is 342 g/mol. The van der Waals surface area contributed by atoms with Crippen molar-refractivity contribution in [2.24, 2.45) is 0 Å². The minimum atomic E-state index is -4.02. The summed E-state index contributed by atoms with van der Waals surface area (Å²) in [4.78, 5) is 20.7. The number of thiophene rings is 1. The molecule has 10 heteroatoms. The molecular weight excluding hydrogens is 332 g/mol. The number of nitro benzene ring substituents is 1. The van der Waals surface area contributed by atoms with Gasteiger partial charge in [0, 0.05) is 11.4 Å². The third kappa shape index (κ3) is 3.07. The van der Waals surface area contributed by atoms with E-state index in [9.17, 15) is 23.3 Å². The molecular formula is C12H10N2O6S2. The molecule has 2 rings (SSSR count). The van der Waals surface area contributed by atoms with E-state index in [2.05, 4.69) is 4.72 Å². The molecule has 2 aromatic rings. The van der Waals surface area contributed by atoms with Crippen molar-refractivity contribution in [2.75, 3.05) is 4.72 Å². The molecule has 0 saturated carbocycles. The number of sulfonamides is 1. The standard InChI is InChI=1S/C12H10N2O6S2/c1-7-9(3-2-4-10(7)14(17)18)13-22(19,20)8-5-11(12(15)16)21-6-8/h2-6,13H,1H3,(H,15,16). The molecule has 0 amide bonds. The number of hydrogen-bond acceptors (Lipinski definition) is 6. The SMILES string of the molecule is Cc1c(NS(=O)(=O)c2csc(C(=O)O)c2)cccc1[N+](=O)[O-]. The van der Waals surface area contributed by atoms with Gasteiger partial charge in [-0.25, -0.2) is 13.2 Å². The van der Waals surface area contributed by atoms with E-state index in [1.54, 1.807) is 0 Å². The normalized spacial score (nSPS) is 11.1. The minimum absolute atomic E-state index is 0.0669. The van der Waals surface area contributed by atoms with E-state index in [1.165, 1.54) is 30.5 Å². The van der Waals surface area contributed by atoms with Crippen LogP contribution in [0.15, 0.2) is 34.5 Å². The Hall–Kier alpha value is -2.46. The highest BCUT2D eigenvalue weighted by Gasteiger charge is 2.21. The summed E-state index contributed by atoms with van der Waals surface area (Å²) in [5.41, 5.74) is 0.0266. The Morgan fingerprint density at radius 2 is 2.09 bits per heavy atom. The predicted molar refractivity (Wildman–Crippen MR) is 79.9 cm³/mol. The highest BCUT2D eigenvalue weighted by atomic mass is 32.2. The van der Waals surface area contributed by atoms with Gasteiger partial charge in [0.2, 0.25) is 0 Å². The zero-order valence-electron chi connectivity index (χ0n) is 11.1. The third-order valence-electron chi connectivity index (χ3n) is 2.84. The van der Waals surface area contributed by atoms with Crippen molar-refractivity contribution < 1.29 is 23.2 Å². The molecule has 1 aromatic heterocycles. The molecule has 2 N–H and O–H groups in total. The Morgan fingerprint density at radius 3 is 2.64 bits per heavy atom. The predicted octanol–water partition coefficient (Wildman–Crippen LogP) is 2.46. The van der Waals surface area contributed by atoms with E-state index in [0.29, 0.717) is 0 Å². The van der Waals surface area contributed by atoms with E-state index in [4.69, 9.17) is 5.11 Å². The molecule has 0 aliphatic carbocycles. The lowest BCUT2D eigenvalue weighted by atomic mass is 10.2. The smallest absolute Gasteiger partial charge is 0.345 e. The maximum Gasteiger partial charge on any atom is 0.345 e. The fraction of sp³-hybridized carbons (Fsp3) is 0.0833. The van der Waals surface area contributed by atoms with Gasteiger partial charge < -0.3 is 5.11 Å². The van der Waals surface area contributed by atoms with Crippen LogP contribution in [0.4, 0.5) is 11.4 Å². The van der Waals surface area contributed by atoms with Gasteiger partial charge in [-0.05, 0) is 19.1 Å². The summed E-state index contributed by atoms with van der Waals surface area (Å²) in [7, 11) is -4.02. The van der Waals surface area contributed by atoms with Crippen LogP contribution >= 0.6 is 11.3 Å². The monoisotopic (exact) mass is 342 g/mol. The number of aromatic carboxylic acids is 1. The lowest BCUT2D eigenvalue weighted by molar-refractivity contribution is -0.385. The first-order chi connectivity index (χ1) is 10.2. The maximum absolute atomic E-state index is 12.2. The molecule has 22 heavy (non-hydrogen) atoms. The summed E-state index contributed by atoms with van der Waals surface area (Å²) >= 11 is 0.780. The van der Waals surface area contributed by atoms with Crippen LogP contribution in [0, 0.1) is 17.0 Å². The molecule has 0 unspecified atom stereocenters. The summed E-state index contributed by atoms with van der Waals surface area (Å²) in [6.07, 6.45) is 0. The molecule has 0 spiro atoms. The van der Waals surface area contributed by atoms with Gasteiger partial charge in [-0.2, -0.15) is 0 Å². The zero-order chi connectivity index (χ0) is 16.5. The van der Waals surface area contributed by atoms with E-state index < -0.39 is 20.9 Å². The summed E-state index contributed by atoms with van der Waals surface area (Å²) < 4.78 is 26.6. The van der Waals surface area contributed by atoms with Crippen LogP contribution in [0.25, 0.3) is 0 Å². The number of carboxylic acids is 1. The Labute approximate surface area is 129 Å². The van der Waals surface area contributed by atoms with E-state index in [-0.39, 0.29) is 26.7 Å². The van der Waals surface area contributed by atoms with E-state index >= 15 is 0 Å². The van der Waals surface area contributed by atoms with Gasteiger partial charge >= 0.3 is 5.97 Å². The van der Waals surface area contributed by atoms with Crippen LogP contribution in [-0.2, 0) is 10.0 Å². The molecule has 0 bridgehead atoms. The highest BCUT2D eigenvalue weighted by molar-refractivity contribution is 7.92. The lowest BCUT2D eigenvalue weighted by Gasteiger charge is -2.09. The number of rotatable bonds is 5. The number of nitro groups is 1. The number of nitrogens with one attached hydrogen (secondary N) is 1. The number of anilines is 1. The van der Waals surface area contributed by atoms with Crippen molar-refractivity contribution in [3.05, 3.63) is 50.2 Å². The number of hydrogen-bond donors (Lipinski definition) is 2. The molecule has 0 aliphatic heterocycles. The van der Waals surface area contributed by atoms with Crippen LogP contribution in [-0.4, -0.2) is 24.4 Å². The van der Waals surface area contributed by atoms with Gasteiger partial charge in [0.1, 0.15) is 4.88 Å². The van der Waals surface area contributed by atoms with Crippen molar-refractivity contribution in [3.63, 3.8) is 0 Å². The van der Waals surface area contributed by atoms with Gasteiger partial charge in [-0.3, -0.25) is 14.8 Å². The molecule has 0 radical (unpaired) electrons. The van der Waals surface area contributed by atoms with Gasteiger partial charge in [0.15, 0.2) is 0 Å². The largest absolute Gasteiger partial charge is 0.477 e. The van der Waals surface area contributed by atoms with Crippen molar-refractivity contribution in [1.29, 1.82) is 0 Å². The number of carboxylic acid groups (broad SMARTS) is 1. The third-order valence-corrected chi connectivity index (χ3v) is 5.26. The molecule has 1 heterocycles. The Balaban J connectivity index is 2.38. The van der Waals surface area contributed by atoms with E-state index in [1.807, 2.05) is 0 Å². The molecule has 8 nitrogen and oxygen atoms in total. The van der Waals surface area contributed by atoms with Gasteiger partial charge in [0.05, 0.1) is 21.1 Å². The van der Waals surface area contributed by atoms with Crippen molar-refractivity contribution >= 4 is 38.7 Å². The molecule has 0 saturated heterocycles. The molecule has 0 atom stereocenters. The van der Waals surface area contributed by atoms with Gasteiger partial charge in [0.25, 0.3) is 15.7 Å². The number of nitrogens with zero attached hydrogens (tertiary/aromatic N) is 1. The summed E-state index contributed by atoms with van der Waals surface area (Å²) in [6.45, 7) is 1.42. The summed E-state index contributed by atoms with van der Waals surface area (Å²) in [6, 6.07) is 5.05. The average Bonchev–Trinajstić information content (AvgIpc) is 2.91. The minimum Gasteiger partial charge on any atom is -0.477 e. The summed E-state index contributed by atoms with van der Waals surface area (Å²) in [5, 5.41) is 20.9. The maximum atomic E-state index is 12.2. The van der Waals surface area contributed by atoms with Crippen LogP contribution in [0.5, 0.6) is 0 Å². The van der Waals surface area contributed by atoms with Crippen LogP contribution in [0.1, 0.15) is 15.2 Å². The van der Waals surface area contributed by atoms with Crippen LogP contribution < -0.4 is 4.72 Å². The van der Waals surface area contributed by atoms with Gasteiger partial charge in [-0.15, -0.1) is 11.3 Å². The first kappa shape index (κ1) is 15.9. The molecule has 1 aromatic carbocycles. The number of benzene rings is 1. The summed E-state index contributed by atoms with van der Waals surface area (Å²) in [5.74, 6) is -1.22. The first-order valence-corrected chi connectivity index (χ1v) is 8.17. The first-order valence-electron chi connectivity index (χ1n) is 5.81. The van der Waals surface area contributed by atoms with Crippen molar-refractivity contribution in [1.82, 2.24) is 0 Å². The molecule has 0 aliphatic rings. The Kier molecular flexibility index (Phi) is 4.15. The van der Waals surface area contributed by atoms with Crippen molar-refractivity contribution in [2.45, 2.75) is 11.8 Å². The fourth-order valence-electron chi connectivity index (χ4n) is 1.71. The highest BCUT2D eigenvalue weighted by Crippen LogP contribution is 2.28. The van der Waals surface area contributed by atoms with Crippen LogP contribution in [0.2, 0.25) is 0 Å².